The third-order valence-electron chi connectivity index (χ3n) is 4.36. The van der Waals surface area contributed by atoms with E-state index in [2.05, 4.69) is 20.1 Å². The van der Waals surface area contributed by atoms with Crippen molar-refractivity contribution >= 4 is 11.9 Å². The van der Waals surface area contributed by atoms with Crippen molar-refractivity contribution in [1.82, 2.24) is 15.2 Å². The molecule has 1 aliphatic rings. The van der Waals surface area contributed by atoms with Crippen molar-refractivity contribution in [1.29, 1.82) is 0 Å². The molecule has 0 radical (unpaired) electrons. The lowest BCUT2D eigenvalue weighted by atomic mass is 9.74. The first kappa shape index (κ1) is 14.7. The highest BCUT2D eigenvalue weighted by atomic mass is 16.4. The van der Waals surface area contributed by atoms with Gasteiger partial charge in [-0.15, -0.1) is 5.10 Å². The molecule has 0 amide bonds. The largest absolute Gasteiger partial charge is 0.481 e. The fraction of sp³-hybridized carbons (Fsp3) is 0.714. The smallest absolute Gasteiger partial charge is 0.309 e. The second-order valence-electron chi connectivity index (χ2n) is 6.09. The number of aliphatic carboxylic acids is 1. The number of aromatic nitrogens is 3. The van der Waals surface area contributed by atoms with Gasteiger partial charge >= 0.3 is 5.97 Å². The summed E-state index contributed by atoms with van der Waals surface area (Å²) in [7, 11) is 0. The SMILES string of the molecule is Cc1nnc(N2CCCC(C(C)(C)C(=O)O)C2)nc1C. The number of anilines is 1. The topological polar surface area (TPSA) is 79.2 Å². The number of carboxylic acids is 1. The van der Waals surface area contributed by atoms with Crippen LogP contribution in [0.2, 0.25) is 0 Å². The average molecular weight is 278 g/mol. The maximum absolute atomic E-state index is 11.4. The molecule has 6 heteroatoms. The van der Waals surface area contributed by atoms with E-state index in [1.165, 1.54) is 0 Å². The number of hydrogen-bond acceptors (Lipinski definition) is 5. The van der Waals surface area contributed by atoms with Crippen LogP contribution in [0.3, 0.4) is 0 Å². The Kier molecular flexibility index (Phi) is 3.92. The lowest BCUT2D eigenvalue weighted by molar-refractivity contribution is -0.150. The Hall–Kier alpha value is -1.72. The Labute approximate surface area is 119 Å². The van der Waals surface area contributed by atoms with Crippen LogP contribution in [-0.4, -0.2) is 39.3 Å². The van der Waals surface area contributed by atoms with Gasteiger partial charge in [-0.05, 0) is 46.5 Å². The Morgan fingerprint density at radius 3 is 2.60 bits per heavy atom. The van der Waals surface area contributed by atoms with Crippen molar-refractivity contribution < 1.29 is 9.90 Å². The molecule has 1 fully saturated rings. The van der Waals surface area contributed by atoms with Gasteiger partial charge in [-0.1, -0.05) is 0 Å². The van der Waals surface area contributed by atoms with E-state index >= 15 is 0 Å². The molecule has 1 N–H and O–H groups in total. The standard InChI is InChI=1S/C14H22N4O2/c1-9-10(2)16-17-13(15-9)18-7-5-6-11(8-18)14(3,4)12(19)20/h11H,5-8H2,1-4H3,(H,19,20). The van der Waals surface area contributed by atoms with Crippen molar-refractivity contribution in [2.24, 2.45) is 11.3 Å². The molecule has 6 nitrogen and oxygen atoms in total. The van der Waals surface area contributed by atoms with E-state index in [4.69, 9.17) is 0 Å². The van der Waals surface area contributed by atoms with Gasteiger partial charge in [0.05, 0.1) is 16.8 Å². The Morgan fingerprint density at radius 1 is 1.30 bits per heavy atom. The molecule has 0 saturated carbocycles. The van der Waals surface area contributed by atoms with E-state index in [1.54, 1.807) is 13.8 Å². The normalized spacial score (nSPS) is 20.0. The summed E-state index contributed by atoms with van der Waals surface area (Å²) in [5, 5.41) is 17.6. The van der Waals surface area contributed by atoms with E-state index in [0.29, 0.717) is 12.5 Å². The fourth-order valence-electron chi connectivity index (χ4n) is 2.50. The molecule has 1 saturated heterocycles. The second kappa shape index (κ2) is 5.34. The van der Waals surface area contributed by atoms with Crippen molar-refractivity contribution in [2.45, 2.75) is 40.5 Å². The molecule has 1 aromatic rings. The van der Waals surface area contributed by atoms with Crippen LogP contribution in [0, 0.1) is 25.2 Å². The van der Waals surface area contributed by atoms with Crippen molar-refractivity contribution in [3.63, 3.8) is 0 Å². The van der Waals surface area contributed by atoms with Crippen LogP contribution in [0.1, 0.15) is 38.1 Å². The third-order valence-corrected chi connectivity index (χ3v) is 4.36. The Morgan fingerprint density at radius 2 is 2.00 bits per heavy atom. The molecule has 1 atom stereocenters. The Bertz CT molecular complexity index is 516. The zero-order chi connectivity index (χ0) is 14.9. The molecule has 2 heterocycles. The van der Waals surface area contributed by atoms with Gasteiger partial charge in [-0.3, -0.25) is 4.79 Å². The number of nitrogens with zero attached hydrogens (tertiary/aromatic N) is 4. The summed E-state index contributed by atoms with van der Waals surface area (Å²) in [6, 6.07) is 0. The number of rotatable bonds is 3. The highest BCUT2D eigenvalue weighted by molar-refractivity contribution is 5.74. The summed E-state index contributed by atoms with van der Waals surface area (Å²) in [5.74, 6) is -0.0403. The predicted octanol–water partition coefficient (Wildman–Crippen LogP) is 1.82. The molecule has 0 aliphatic carbocycles. The van der Waals surface area contributed by atoms with Crippen LogP contribution in [0.15, 0.2) is 0 Å². The first-order valence-electron chi connectivity index (χ1n) is 6.98. The number of hydrogen-bond donors (Lipinski definition) is 1. The van der Waals surface area contributed by atoms with Crippen LogP contribution in [0.4, 0.5) is 5.95 Å². The molecule has 2 rings (SSSR count). The van der Waals surface area contributed by atoms with Gasteiger partial charge in [-0.2, -0.15) is 5.10 Å². The number of piperidine rings is 1. The monoisotopic (exact) mass is 278 g/mol. The lowest BCUT2D eigenvalue weighted by Crippen LogP contribution is -2.45. The molecular formula is C14H22N4O2. The second-order valence-corrected chi connectivity index (χ2v) is 6.09. The molecule has 1 unspecified atom stereocenters. The number of carboxylic acid groups (broad SMARTS) is 1. The van der Waals surface area contributed by atoms with E-state index in [-0.39, 0.29) is 5.92 Å². The van der Waals surface area contributed by atoms with Gasteiger partial charge in [-0.25, -0.2) is 4.98 Å². The number of carbonyl (C=O) groups is 1. The summed E-state index contributed by atoms with van der Waals surface area (Å²) in [6.07, 6.45) is 1.88. The maximum Gasteiger partial charge on any atom is 0.309 e. The first-order valence-corrected chi connectivity index (χ1v) is 6.98. The van der Waals surface area contributed by atoms with Crippen LogP contribution >= 0.6 is 0 Å². The summed E-state index contributed by atoms with van der Waals surface area (Å²) in [5.41, 5.74) is 0.967. The van der Waals surface area contributed by atoms with Gasteiger partial charge in [0, 0.05) is 13.1 Å². The maximum atomic E-state index is 11.4. The van der Waals surface area contributed by atoms with Crippen LogP contribution in [0.25, 0.3) is 0 Å². The quantitative estimate of drug-likeness (QED) is 0.908. The molecule has 20 heavy (non-hydrogen) atoms. The molecule has 0 spiro atoms. The minimum Gasteiger partial charge on any atom is -0.481 e. The zero-order valence-corrected chi connectivity index (χ0v) is 12.6. The van der Waals surface area contributed by atoms with Gasteiger partial charge < -0.3 is 10.0 Å². The zero-order valence-electron chi connectivity index (χ0n) is 12.6. The van der Waals surface area contributed by atoms with Gasteiger partial charge in [0.1, 0.15) is 0 Å². The highest BCUT2D eigenvalue weighted by Crippen LogP contribution is 2.35. The molecular weight excluding hydrogens is 256 g/mol. The minimum absolute atomic E-state index is 0.0963. The van der Waals surface area contributed by atoms with Crippen molar-refractivity contribution in [3.8, 4) is 0 Å². The molecule has 1 aromatic heterocycles. The minimum atomic E-state index is -0.747. The van der Waals surface area contributed by atoms with E-state index in [0.717, 1.165) is 30.8 Å². The summed E-state index contributed by atoms with van der Waals surface area (Å²) in [6.45, 7) is 8.91. The molecule has 0 aromatic carbocycles. The van der Waals surface area contributed by atoms with Crippen LogP contribution < -0.4 is 4.90 Å². The predicted molar refractivity (Wildman–Crippen MR) is 75.7 cm³/mol. The summed E-state index contributed by atoms with van der Waals surface area (Å²) >= 11 is 0. The van der Waals surface area contributed by atoms with Crippen molar-refractivity contribution in [2.75, 3.05) is 18.0 Å². The first-order chi connectivity index (χ1) is 9.32. The molecule has 0 bridgehead atoms. The molecule has 110 valence electrons. The van der Waals surface area contributed by atoms with Crippen molar-refractivity contribution in [3.05, 3.63) is 11.4 Å². The highest BCUT2D eigenvalue weighted by Gasteiger charge is 2.39. The van der Waals surface area contributed by atoms with E-state index in [1.807, 2.05) is 13.8 Å². The lowest BCUT2D eigenvalue weighted by Gasteiger charge is -2.39. The van der Waals surface area contributed by atoms with Gasteiger partial charge in [0.2, 0.25) is 5.95 Å². The van der Waals surface area contributed by atoms with Gasteiger partial charge in [0.15, 0.2) is 0 Å². The Balaban J connectivity index is 2.18. The summed E-state index contributed by atoms with van der Waals surface area (Å²) in [4.78, 5) is 17.9. The summed E-state index contributed by atoms with van der Waals surface area (Å²) < 4.78 is 0. The van der Waals surface area contributed by atoms with Gasteiger partial charge in [0.25, 0.3) is 0 Å². The third kappa shape index (κ3) is 2.73. The van der Waals surface area contributed by atoms with E-state index in [9.17, 15) is 9.90 Å². The average Bonchev–Trinajstić information content (AvgIpc) is 2.42. The van der Waals surface area contributed by atoms with Crippen LogP contribution in [-0.2, 0) is 4.79 Å². The van der Waals surface area contributed by atoms with E-state index < -0.39 is 11.4 Å². The van der Waals surface area contributed by atoms with Crippen LogP contribution in [0.5, 0.6) is 0 Å². The fourth-order valence-corrected chi connectivity index (χ4v) is 2.50. The molecule has 1 aliphatic heterocycles. The number of aryl methyl sites for hydroxylation is 2.